The van der Waals surface area contributed by atoms with E-state index in [1.807, 2.05) is 30.3 Å². The summed E-state index contributed by atoms with van der Waals surface area (Å²) in [6.45, 7) is 0. The van der Waals surface area contributed by atoms with Crippen LogP contribution in [0.15, 0.2) is 72.8 Å². The number of aromatic hydroxyl groups is 1. The van der Waals surface area contributed by atoms with E-state index in [4.69, 9.17) is 14.6 Å². The van der Waals surface area contributed by atoms with Gasteiger partial charge in [0.05, 0.1) is 5.69 Å². The van der Waals surface area contributed by atoms with Crippen molar-refractivity contribution in [3.05, 3.63) is 84.2 Å². The number of anilines is 1. The number of amides is 1. The third kappa shape index (κ3) is 5.37. The summed E-state index contributed by atoms with van der Waals surface area (Å²) in [5, 5.41) is 22.7. The van der Waals surface area contributed by atoms with Crippen LogP contribution in [0.25, 0.3) is 10.8 Å². The van der Waals surface area contributed by atoms with Gasteiger partial charge in [0.15, 0.2) is 17.7 Å². The Hall–Kier alpha value is -3.91. The van der Waals surface area contributed by atoms with Crippen molar-refractivity contribution in [2.45, 2.75) is 12.2 Å². The molecule has 3 rings (SSSR count). The zero-order chi connectivity index (χ0) is 22.4. The summed E-state index contributed by atoms with van der Waals surface area (Å²) >= 11 is 0. The summed E-state index contributed by atoms with van der Waals surface area (Å²) in [6, 6.07) is 16.3. The van der Waals surface area contributed by atoms with Gasteiger partial charge >= 0.3 is 12.1 Å². The number of rotatable bonds is 7. The molecule has 3 aromatic carbocycles. The van der Waals surface area contributed by atoms with Crippen LogP contribution in [-0.4, -0.2) is 35.5 Å². The summed E-state index contributed by atoms with van der Waals surface area (Å²) in [5.74, 6) is -2.71. The monoisotopic (exact) mass is 425 g/mol. The quantitative estimate of drug-likeness (QED) is 0.477. The van der Waals surface area contributed by atoms with Crippen LogP contribution in [0.3, 0.4) is 0 Å². The zero-order valence-corrected chi connectivity index (χ0v) is 16.5. The Balaban J connectivity index is 1.90. The maximum Gasteiger partial charge on any atom is 0.412 e. The highest BCUT2D eigenvalue weighted by atomic mass is 19.1. The van der Waals surface area contributed by atoms with Gasteiger partial charge in [-0.2, -0.15) is 0 Å². The molecular formula is C23H20FNO6. The molecule has 0 bridgehead atoms. The molecule has 0 spiro atoms. The van der Waals surface area contributed by atoms with Gasteiger partial charge in [-0.1, -0.05) is 42.5 Å². The van der Waals surface area contributed by atoms with Crippen LogP contribution in [0.5, 0.6) is 5.75 Å². The number of carboxylic acid groups (broad SMARTS) is 1. The second kappa shape index (κ2) is 9.73. The highest BCUT2D eigenvalue weighted by Crippen LogP contribution is 2.29. The number of carbonyl (C=O) groups is 2. The first kappa shape index (κ1) is 21.8. The lowest BCUT2D eigenvalue weighted by Gasteiger charge is -2.24. The highest BCUT2D eigenvalue weighted by molar-refractivity contribution is 6.00. The molecule has 1 amide bonds. The van der Waals surface area contributed by atoms with Gasteiger partial charge < -0.3 is 19.7 Å². The lowest BCUT2D eigenvalue weighted by atomic mass is 10.0. The molecule has 0 radical (unpaired) electrons. The summed E-state index contributed by atoms with van der Waals surface area (Å²) in [7, 11) is 1.30. The molecule has 0 aliphatic heterocycles. The SMILES string of the molecule is CO[C@H](/C=C/C(=O)O)[C@H](OC(=O)Nc1cccc2ccccc12)c1ccc(O)c(F)c1. The Morgan fingerprint density at radius 2 is 1.84 bits per heavy atom. The fourth-order valence-corrected chi connectivity index (χ4v) is 3.09. The number of methoxy groups -OCH3 is 1. The third-order valence-corrected chi connectivity index (χ3v) is 4.56. The van der Waals surface area contributed by atoms with Crippen molar-refractivity contribution >= 4 is 28.5 Å². The van der Waals surface area contributed by atoms with Crippen molar-refractivity contribution < 1.29 is 33.7 Å². The standard InChI is InChI=1S/C23H20FNO6/c1-30-20(11-12-21(27)28)22(15-9-10-19(26)17(24)13-15)31-23(29)25-18-8-4-6-14-5-2-3-7-16(14)18/h2-13,20,22,26H,1H3,(H,25,29)(H,27,28)/b12-11+/t20-,22-/m1/s1. The van der Waals surface area contributed by atoms with Crippen LogP contribution in [-0.2, 0) is 14.3 Å². The molecule has 0 aromatic heterocycles. The molecule has 0 fully saturated rings. The smallest absolute Gasteiger partial charge is 0.412 e. The first-order valence-corrected chi connectivity index (χ1v) is 9.26. The number of benzene rings is 3. The van der Waals surface area contributed by atoms with E-state index >= 15 is 0 Å². The number of carbonyl (C=O) groups excluding carboxylic acids is 1. The van der Waals surface area contributed by atoms with Crippen molar-refractivity contribution in [2.24, 2.45) is 0 Å². The number of nitrogens with one attached hydrogen (secondary N) is 1. The Morgan fingerprint density at radius 3 is 2.55 bits per heavy atom. The highest BCUT2D eigenvalue weighted by Gasteiger charge is 2.27. The maximum atomic E-state index is 13.9. The van der Waals surface area contributed by atoms with E-state index in [9.17, 15) is 19.1 Å². The number of ether oxygens (including phenoxy) is 2. The Kier molecular flexibility index (Phi) is 6.84. The fraction of sp³-hybridized carbons (Fsp3) is 0.130. The van der Waals surface area contributed by atoms with Gasteiger partial charge in [-0.05, 0) is 35.2 Å². The van der Waals surface area contributed by atoms with E-state index in [2.05, 4.69) is 5.32 Å². The van der Waals surface area contributed by atoms with Crippen LogP contribution in [0.4, 0.5) is 14.9 Å². The number of halogens is 1. The Morgan fingerprint density at radius 1 is 1.10 bits per heavy atom. The summed E-state index contributed by atoms with van der Waals surface area (Å²) < 4.78 is 24.7. The number of carboxylic acids is 1. The number of hydrogen-bond donors (Lipinski definition) is 3. The lowest BCUT2D eigenvalue weighted by Crippen LogP contribution is -2.27. The average molecular weight is 425 g/mol. The van der Waals surface area contributed by atoms with E-state index in [0.717, 1.165) is 29.0 Å². The maximum absolute atomic E-state index is 13.9. The average Bonchev–Trinajstić information content (AvgIpc) is 2.75. The lowest BCUT2D eigenvalue weighted by molar-refractivity contribution is -0.131. The number of phenolic OH excluding ortho intramolecular Hbond substituents is 1. The van der Waals surface area contributed by atoms with E-state index in [1.165, 1.54) is 19.3 Å². The Bertz CT molecular complexity index is 1120. The third-order valence-electron chi connectivity index (χ3n) is 4.56. The Labute approximate surface area is 177 Å². The predicted octanol–water partition coefficient (Wildman–Crippen LogP) is 4.63. The molecule has 0 aliphatic rings. The molecule has 2 atom stereocenters. The molecule has 160 valence electrons. The predicted molar refractivity (Wildman–Crippen MR) is 112 cm³/mol. The van der Waals surface area contributed by atoms with Crippen LogP contribution < -0.4 is 5.32 Å². The molecule has 0 saturated heterocycles. The molecule has 0 unspecified atom stereocenters. The summed E-state index contributed by atoms with van der Waals surface area (Å²) in [5.41, 5.74) is 0.680. The van der Waals surface area contributed by atoms with Crippen LogP contribution in [0.1, 0.15) is 11.7 Å². The van der Waals surface area contributed by atoms with Crippen molar-refractivity contribution in [1.82, 2.24) is 0 Å². The topological polar surface area (TPSA) is 105 Å². The number of aliphatic carboxylic acids is 1. The fourth-order valence-electron chi connectivity index (χ4n) is 3.09. The van der Waals surface area contributed by atoms with E-state index in [1.54, 1.807) is 12.1 Å². The molecule has 7 nitrogen and oxygen atoms in total. The summed E-state index contributed by atoms with van der Waals surface area (Å²) in [6.07, 6.45) is -1.04. The second-order valence-corrected chi connectivity index (χ2v) is 6.59. The van der Waals surface area contributed by atoms with Gasteiger partial charge in [0.2, 0.25) is 0 Å². The number of fused-ring (bicyclic) bond motifs is 1. The van der Waals surface area contributed by atoms with E-state index in [-0.39, 0.29) is 5.56 Å². The molecule has 31 heavy (non-hydrogen) atoms. The van der Waals surface area contributed by atoms with Gasteiger partial charge in [-0.15, -0.1) is 0 Å². The minimum atomic E-state index is -1.22. The van der Waals surface area contributed by atoms with Gasteiger partial charge in [0.25, 0.3) is 0 Å². The number of phenols is 1. The molecule has 8 heteroatoms. The van der Waals surface area contributed by atoms with Crippen LogP contribution in [0.2, 0.25) is 0 Å². The molecule has 3 N–H and O–H groups in total. The van der Waals surface area contributed by atoms with Gasteiger partial charge in [0.1, 0.15) is 6.10 Å². The first-order valence-electron chi connectivity index (χ1n) is 9.26. The van der Waals surface area contributed by atoms with Crippen molar-refractivity contribution in [3.63, 3.8) is 0 Å². The minimum Gasteiger partial charge on any atom is -0.505 e. The van der Waals surface area contributed by atoms with Crippen LogP contribution >= 0.6 is 0 Å². The molecular weight excluding hydrogens is 405 g/mol. The van der Waals surface area contributed by atoms with Crippen molar-refractivity contribution in [2.75, 3.05) is 12.4 Å². The van der Waals surface area contributed by atoms with E-state index < -0.39 is 35.8 Å². The minimum absolute atomic E-state index is 0.172. The second-order valence-electron chi connectivity index (χ2n) is 6.59. The van der Waals surface area contributed by atoms with Crippen LogP contribution in [0, 0.1) is 5.82 Å². The van der Waals surface area contributed by atoms with Gasteiger partial charge in [-0.3, -0.25) is 5.32 Å². The molecule has 0 aliphatic carbocycles. The normalized spacial score (nSPS) is 13.1. The van der Waals surface area contributed by atoms with Gasteiger partial charge in [0, 0.05) is 18.6 Å². The zero-order valence-electron chi connectivity index (χ0n) is 16.5. The van der Waals surface area contributed by atoms with Crippen molar-refractivity contribution in [3.8, 4) is 5.75 Å². The van der Waals surface area contributed by atoms with E-state index in [0.29, 0.717) is 5.69 Å². The number of hydrogen-bond acceptors (Lipinski definition) is 5. The van der Waals surface area contributed by atoms with Crippen molar-refractivity contribution in [1.29, 1.82) is 0 Å². The molecule has 3 aromatic rings. The molecule has 0 saturated carbocycles. The largest absolute Gasteiger partial charge is 0.505 e. The summed E-state index contributed by atoms with van der Waals surface area (Å²) in [4.78, 5) is 23.6. The van der Waals surface area contributed by atoms with Gasteiger partial charge in [-0.25, -0.2) is 14.0 Å². The molecule has 0 heterocycles. The first-order chi connectivity index (χ1) is 14.9.